The number of benzene rings is 2. The van der Waals surface area contributed by atoms with Crippen LogP contribution >= 0.6 is 0 Å². The van der Waals surface area contributed by atoms with Crippen LogP contribution in [-0.2, 0) is 43.6 Å². The van der Waals surface area contributed by atoms with Crippen LogP contribution in [0.3, 0.4) is 0 Å². The summed E-state index contributed by atoms with van der Waals surface area (Å²) >= 11 is 0. The van der Waals surface area contributed by atoms with Crippen molar-refractivity contribution in [3.05, 3.63) is 51.1 Å². The van der Waals surface area contributed by atoms with Gasteiger partial charge in [-0.05, 0) is 59.5 Å². The molecule has 3 aliphatic heterocycles. The molecule has 2 fully saturated rings. The van der Waals surface area contributed by atoms with Crippen LogP contribution in [0.1, 0.15) is 94.7 Å². The molecule has 0 spiro atoms. The molecule has 0 aromatic heterocycles. The molecule has 2 aromatic carbocycles. The first-order chi connectivity index (χ1) is 26.2. The van der Waals surface area contributed by atoms with E-state index in [-0.39, 0.29) is 34.4 Å². The summed E-state index contributed by atoms with van der Waals surface area (Å²) in [7, 11) is 8.84. The number of ether oxygens (including phenoxy) is 8. The van der Waals surface area contributed by atoms with Crippen molar-refractivity contribution in [2.75, 3.05) is 42.5 Å². The fourth-order valence-corrected chi connectivity index (χ4v) is 9.68. The summed E-state index contributed by atoms with van der Waals surface area (Å²) in [5.41, 5.74) is -6.55. The van der Waals surface area contributed by atoms with Gasteiger partial charge in [-0.25, -0.2) is 0 Å². The Hall–Kier alpha value is -3.75. The predicted molar refractivity (Wildman–Crippen MR) is 191 cm³/mol. The minimum absolute atomic E-state index is 0.0417. The molecule has 17 nitrogen and oxygen atoms in total. The van der Waals surface area contributed by atoms with Gasteiger partial charge in [0.1, 0.15) is 58.8 Å². The minimum atomic E-state index is -1.91. The molecule has 5 N–H and O–H groups in total. The maximum absolute atomic E-state index is 14.8. The maximum atomic E-state index is 14.8. The number of ketones is 2. The number of phenolic OH excluding ortho intramolecular Hbond substituents is 2. The fraction of sp³-hybridized carbons (Fsp3) is 0.615. The second kappa shape index (κ2) is 13.7. The number of fused-ring (bicyclic) bond motifs is 8. The molecule has 5 unspecified atom stereocenters. The van der Waals surface area contributed by atoms with Gasteiger partial charge in [0.15, 0.2) is 12.1 Å². The number of carbonyl (C=O) groups excluding carboxylic acids is 3. The number of aromatic hydroxyl groups is 2. The van der Waals surface area contributed by atoms with Gasteiger partial charge in [-0.3, -0.25) is 14.4 Å². The van der Waals surface area contributed by atoms with Crippen molar-refractivity contribution in [1.82, 2.24) is 4.90 Å². The summed E-state index contributed by atoms with van der Waals surface area (Å²) in [4.78, 5) is 44.4. The Kier molecular flexibility index (Phi) is 9.88. The van der Waals surface area contributed by atoms with E-state index in [4.69, 9.17) is 37.9 Å². The number of hydrogen-bond donors (Lipinski definition) is 5. The van der Waals surface area contributed by atoms with Crippen LogP contribution in [0.2, 0.25) is 0 Å². The molecule has 2 aliphatic carbocycles. The Labute approximate surface area is 322 Å². The SMILES string of the molecule is COC(=O)[C@@H]1c2cc3c(c(O)c2[C@@H](OC2OC(C)C(OC)C(C)(OC)C2OC)C[C@]1(C)O)C(=O)c1c(O)cc2c(c1C3=O)O[C@@H]1O[C@@]2(C)[C@H](O)[C@@H](N(C)C)[C@@H]1O. The molecule has 2 saturated heterocycles. The molecular formula is C39H49NO16. The number of carbonyl (C=O) groups is 3. The molecule has 17 heteroatoms. The molecule has 2 bridgehead atoms. The average Bonchev–Trinajstić information content (AvgIpc) is 3.12. The predicted octanol–water partition coefficient (Wildman–Crippen LogP) is 1.14. The molecule has 0 amide bonds. The third kappa shape index (κ3) is 5.47. The fourth-order valence-electron chi connectivity index (χ4n) is 9.68. The summed E-state index contributed by atoms with van der Waals surface area (Å²) in [6.07, 6.45) is -9.16. The van der Waals surface area contributed by atoms with Crippen molar-refractivity contribution < 1.29 is 77.8 Å². The van der Waals surface area contributed by atoms with Crippen molar-refractivity contribution in [1.29, 1.82) is 0 Å². The van der Waals surface area contributed by atoms with Crippen LogP contribution in [0.4, 0.5) is 0 Å². The second-order valence-electron chi connectivity index (χ2n) is 16.0. The highest BCUT2D eigenvalue weighted by molar-refractivity contribution is 6.31. The third-order valence-electron chi connectivity index (χ3n) is 12.5. The minimum Gasteiger partial charge on any atom is -0.507 e. The highest BCUT2D eigenvalue weighted by atomic mass is 16.7. The van der Waals surface area contributed by atoms with Crippen molar-refractivity contribution in [3.63, 3.8) is 0 Å². The Bertz CT molecular complexity index is 1980. The van der Waals surface area contributed by atoms with Gasteiger partial charge >= 0.3 is 5.97 Å². The lowest BCUT2D eigenvalue weighted by Crippen LogP contribution is -2.68. The van der Waals surface area contributed by atoms with Crippen molar-refractivity contribution in [3.8, 4) is 17.2 Å². The molecule has 2 aromatic rings. The van der Waals surface area contributed by atoms with E-state index in [1.807, 2.05) is 0 Å². The van der Waals surface area contributed by atoms with Crippen LogP contribution in [-0.4, -0.2) is 151 Å². The van der Waals surface area contributed by atoms with E-state index in [9.17, 15) is 39.9 Å². The number of methoxy groups -OCH3 is 4. The van der Waals surface area contributed by atoms with Gasteiger partial charge in [0.05, 0.1) is 47.7 Å². The van der Waals surface area contributed by atoms with Gasteiger partial charge in [-0.1, -0.05) is 0 Å². The summed E-state index contributed by atoms with van der Waals surface area (Å²) in [5, 5.41) is 58.3. The smallest absolute Gasteiger partial charge is 0.316 e. The maximum Gasteiger partial charge on any atom is 0.316 e. The summed E-state index contributed by atoms with van der Waals surface area (Å²) < 4.78 is 47.4. The van der Waals surface area contributed by atoms with Crippen LogP contribution in [0, 0.1) is 0 Å². The standard InChI is InChI=1S/C39H49NO16/c1-14-32(49-7)39(4,52-10)33(50-8)36(53-14)54-19-13-37(2,48)24(34(47)51-9)15-11-16-21(27(43)20(15)19)28(44)22-18(41)12-17-30(23(22)26(16)42)55-35-29(45)25(40(5)6)31(46)38(17,3)56-35/h11-12,14,19,24-25,29,31-33,35-36,41,43,45-46,48H,13H2,1-10H3/t14?,19-,24-,25-,29-,31+,32?,33?,35+,36?,37-,38+,39?/m0/s1. The normalized spacial score (nSPS) is 38.6. The molecule has 3 heterocycles. The number of likely N-dealkylation sites (N-methyl/N-ethyl adjacent to an activating group) is 1. The first-order valence-corrected chi connectivity index (χ1v) is 18.2. The first kappa shape index (κ1) is 40.4. The Morgan fingerprint density at radius 1 is 0.946 bits per heavy atom. The van der Waals surface area contributed by atoms with Gasteiger partial charge in [0, 0.05) is 44.4 Å². The number of nitrogens with zero attached hydrogens (tertiary/aromatic N) is 1. The van der Waals surface area contributed by atoms with Gasteiger partial charge in [0.25, 0.3) is 0 Å². The highest BCUT2D eigenvalue weighted by Crippen LogP contribution is 2.56. The zero-order chi connectivity index (χ0) is 41.1. The van der Waals surface area contributed by atoms with Gasteiger partial charge < -0.3 is 68.3 Å². The summed E-state index contributed by atoms with van der Waals surface area (Å²) in [6, 6.07) is 1.50. The van der Waals surface area contributed by atoms with Crippen LogP contribution in [0.15, 0.2) is 12.1 Å². The third-order valence-corrected chi connectivity index (χ3v) is 12.5. The number of phenols is 2. The zero-order valence-corrected chi connectivity index (χ0v) is 32.8. The number of hydrogen-bond acceptors (Lipinski definition) is 17. The molecule has 7 rings (SSSR count). The lowest BCUT2D eigenvalue weighted by atomic mass is 9.68. The quantitative estimate of drug-likeness (QED) is 0.212. The van der Waals surface area contributed by atoms with Gasteiger partial charge in [-0.2, -0.15) is 0 Å². The van der Waals surface area contributed by atoms with E-state index < -0.39 is 124 Å². The molecular weight excluding hydrogens is 738 g/mol. The van der Waals surface area contributed by atoms with Crippen LogP contribution < -0.4 is 4.74 Å². The van der Waals surface area contributed by atoms with E-state index in [1.165, 1.54) is 41.2 Å². The van der Waals surface area contributed by atoms with Gasteiger partial charge in [0.2, 0.25) is 12.1 Å². The van der Waals surface area contributed by atoms with E-state index in [2.05, 4.69) is 0 Å². The molecule has 56 heavy (non-hydrogen) atoms. The molecule has 0 radical (unpaired) electrons. The lowest BCUT2D eigenvalue weighted by molar-refractivity contribution is -0.345. The molecule has 13 atom stereocenters. The highest BCUT2D eigenvalue weighted by Gasteiger charge is 2.60. The second-order valence-corrected chi connectivity index (χ2v) is 16.0. The molecule has 5 aliphatic rings. The number of aliphatic hydroxyl groups is 3. The Balaban J connectivity index is 1.40. The van der Waals surface area contributed by atoms with Crippen molar-refractivity contribution in [2.24, 2.45) is 0 Å². The van der Waals surface area contributed by atoms with Crippen molar-refractivity contribution in [2.45, 2.75) is 112 Å². The topological polar surface area (TPSA) is 229 Å². The first-order valence-electron chi connectivity index (χ1n) is 18.2. The zero-order valence-electron chi connectivity index (χ0n) is 32.8. The Morgan fingerprint density at radius 2 is 1.61 bits per heavy atom. The molecule has 0 saturated carbocycles. The van der Waals surface area contributed by atoms with E-state index in [1.54, 1.807) is 32.8 Å². The largest absolute Gasteiger partial charge is 0.507 e. The molecule has 306 valence electrons. The van der Waals surface area contributed by atoms with Crippen LogP contribution in [0.5, 0.6) is 17.2 Å². The lowest BCUT2D eigenvalue weighted by Gasteiger charge is -2.53. The van der Waals surface area contributed by atoms with E-state index >= 15 is 0 Å². The van der Waals surface area contributed by atoms with Gasteiger partial charge in [-0.15, -0.1) is 0 Å². The number of aliphatic hydroxyl groups excluding tert-OH is 2. The van der Waals surface area contributed by atoms with E-state index in [0.717, 1.165) is 13.2 Å². The Morgan fingerprint density at radius 3 is 2.20 bits per heavy atom. The summed E-state index contributed by atoms with van der Waals surface area (Å²) in [6.45, 7) is 6.40. The van der Waals surface area contributed by atoms with E-state index in [0.29, 0.717) is 0 Å². The number of rotatable bonds is 7. The monoisotopic (exact) mass is 787 g/mol. The summed E-state index contributed by atoms with van der Waals surface area (Å²) in [5.74, 6) is -5.85. The van der Waals surface area contributed by atoms with Crippen molar-refractivity contribution >= 4 is 17.5 Å². The van der Waals surface area contributed by atoms with Crippen LogP contribution in [0.25, 0.3) is 0 Å². The number of esters is 1. The average molecular weight is 788 g/mol.